The molecule has 3 rings (SSSR count). The van der Waals surface area contributed by atoms with Gasteiger partial charge in [-0.15, -0.1) is 11.3 Å². The molecule has 3 aromatic heterocycles. The van der Waals surface area contributed by atoms with Gasteiger partial charge < -0.3 is 5.32 Å². The summed E-state index contributed by atoms with van der Waals surface area (Å²) in [6.45, 7) is 2.89. The molecule has 0 unspecified atom stereocenters. The summed E-state index contributed by atoms with van der Waals surface area (Å²) < 4.78 is 1.14. The minimum atomic E-state index is 0.812. The van der Waals surface area contributed by atoms with E-state index in [-0.39, 0.29) is 0 Å². The molecule has 0 aliphatic rings. The van der Waals surface area contributed by atoms with Gasteiger partial charge in [0.25, 0.3) is 0 Å². The van der Waals surface area contributed by atoms with Gasteiger partial charge in [0.1, 0.15) is 12.1 Å². The maximum atomic E-state index is 4.31. The van der Waals surface area contributed by atoms with E-state index in [0.717, 1.165) is 22.6 Å². The third-order valence-corrected chi connectivity index (χ3v) is 4.40. The highest BCUT2D eigenvalue weighted by Crippen LogP contribution is 2.28. The molecule has 0 bridgehead atoms. The van der Waals surface area contributed by atoms with Crippen LogP contribution in [0.2, 0.25) is 0 Å². The van der Waals surface area contributed by atoms with E-state index in [1.54, 1.807) is 29.0 Å². The van der Waals surface area contributed by atoms with Gasteiger partial charge >= 0.3 is 0 Å². The largest absolute Gasteiger partial charge is 0.365 e. The van der Waals surface area contributed by atoms with Crippen molar-refractivity contribution in [3.05, 3.63) is 39.7 Å². The lowest BCUT2D eigenvalue weighted by Gasteiger charge is -2.04. The molecule has 3 aromatic rings. The van der Waals surface area contributed by atoms with Gasteiger partial charge in [0.2, 0.25) is 0 Å². The summed E-state index contributed by atoms with van der Waals surface area (Å²) in [6, 6.07) is 2.12. The summed E-state index contributed by atoms with van der Waals surface area (Å²) in [6.07, 6.45) is 1.62. The van der Waals surface area contributed by atoms with E-state index in [9.17, 15) is 0 Å². The highest BCUT2D eigenvalue weighted by molar-refractivity contribution is 7.18. The average molecular weight is 261 g/mol. The Labute approximate surface area is 107 Å². The van der Waals surface area contributed by atoms with Crippen LogP contribution in [0.1, 0.15) is 11.1 Å². The quantitative estimate of drug-likeness (QED) is 0.781. The van der Waals surface area contributed by atoms with E-state index in [1.807, 2.05) is 0 Å². The Kier molecular flexibility index (Phi) is 2.78. The molecule has 0 saturated carbocycles. The molecule has 0 spiro atoms. The van der Waals surface area contributed by atoms with Crippen LogP contribution < -0.4 is 5.32 Å². The number of hydrogen-bond donors (Lipinski definition) is 1. The summed E-state index contributed by atoms with van der Waals surface area (Å²) >= 11 is 3.41. The minimum absolute atomic E-state index is 0.812. The van der Waals surface area contributed by atoms with Crippen LogP contribution in [-0.4, -0.2) is 9.97 Å². The van der Waals surface area contributed by atoms with Crippen molar-refractivity contribution in [3.63, 3.8) is 0 Å². The molecule has 3 nitrogen and oxygen atoms in total. The Morgan fingerprint density at radius 2 is 2.24 bits per heavy atom. The first-order valence-corrected chi connectivity index (χ1v) is 7.10. The molecule has 0 aliphatic carbocycles. The van der Waals surface area contributed by atoms with Gasteiger partial charge in [-0.05, 0) is 40.3 Å². The topological polar surface area (TPSA) is 37.8 Å². The van der Waals surface area contributed by atoms with E-state index >= 15 is 0 Å². The van der Waals surface area contributed by atoms with Crippen molar-refractivity contribution in [3.8, 4) is 0 Å². The zero-order valence-electron chi connectivity index (χ0n) is 9.30. The Bertz CT molecular complexity index is 628. The molecule has 1 N–H and O–H groups in total. The summed E-state index contributed by atoms with van der Waals surface area (Å²) in [7, 11) is 0. The van der Waals surface area contributed by atoms with Gasteiger partial charge in [0.15, 0.2) is 0 Å². The molecule has 0 amide bonds. The maximum Gasteiger partial charge on any atom is 0.147 e. The van der Waals surface area contributed by atoms with Crippen molar-refractivity contribution in [1.82, 2.24) is 9.97 Å². The first-order valence-electron chi connectivity index (χ1n) is 5.28. The normalized spacial score (nSPS) is 10.9. The van der Waals surface area contributed by atoms with E-state index in [2.05, 4.69) is 44.4 Å². The molecule has 0 atom stereocenters. The predicted octanol–water partition coefficient (Wildman–Crippen LogP) is 3.67. The van der Waals surface area contributed by atoms with Crippen molar-refractivity contribution >= 4 is 38.7 Å². The fraction of sp³-hybridized carbons (Fsp3) is 0.167. The van der Waals surface area contributed by atoms with Crippen molar-refractivity contribution < 1.29 is 0 Å². The zero-order valence-corrected chi connectivity index (χ0v) is 10.9. The van der Waals surface area contributed by atoms with Crippen LogP contribution in [0, 0.1) is 6.92 Å². The SMILES string of the molecule is Cc1csc2c(NCc3ccsc3)ncnc12. The monoisotopic (exact) mass is 261 g/mol. The van der Waals surface area contributed by atoms with Gasteiger partial charge in [0, 0.05) is 6.54 Å². The van der Waals surface area contributed by atoms with Crippen molar-refractivity contribution in [2.24, 2.45) is 0 Å². The summed E-state index contributed by atoms with van der Waals surface area (Å²) in [5.74, 6) is 0.930. The number of nitrogens with zero attached hydrogens (tertiary/aromatic N) is 2. The lowest BCUT2D eigenvalue weighted by Crippen LogP contribution is -2.00. The second kappa shape index (κ2) is 4.43. The molecule has 0 saturated heterocycles. The first kappa shape index (κ1) is 10.7. The zero-order chi connectivity index (χ0) is 11.7. The van der Waals surface area contributed by atoms with Crippen LogP contribution in [0.4, 0.5) is 5.82 Å². The second-order valence-corrected chi connectivity index (χ2v) is 5.46. The van der Waals surface area contributed by atoms with Gasteiger partial charge in [-0.25, -0.2) is 9.97 Å². The number of thiophene rings is 2. The molecule has 0 aliphatic heterocycles. The van der Waals surface area contributed by atoms with Gasteiger partial charge in [-0.3, -0.25) is 0 Å². The number of hydrogen-bond acceptors (Lipinski definition) is 5. The number of aryl methyl sites for hydroxylation is 1. The summed E-state index contributed by atoms with van der Waals surface area (Å²) in [4.78, 5) is 8.62. The van der Waals surface area contributed by atoms with Crippen LogP contribution in [0.15, 0.2) is 28.5 Å². The molecule has 5 heteroatoms. The molecular formula is C12H11N3S2. The number of fused-ring (bicyclic) bond motifs is 1. The molecule has 0 radical (unpaired) electrons. The van der Waals surface area contributed by atoms with Crippen molar-refractivity contribution in [2.75, 3.05) is 5.32 Å². The molecule has 86 valence electrons. The lowest BCUT2D eigenvalue weighted by molar-refractivity contribution is 1.11. The van der Waals surface area contributed by atoms with Crippen LogP contribution in [-0.2, 0) is 6.54 Å². The molecular weight excluding hydrogens is 250 g/mol. The van der Waals surface area contributed by atoms with Crippen LogP contribution in [0.25, 0.3) is 10.2 Å². The molecule has 0 fully saturated rings. The Balaban J connectivity index is 1.90. The van der Waals surface area contributed by atoms with Crippen LogP contribution >= 0.6 is 22.7 Å². The van der Waals surface area contributed by atoms with Crippen molar-refractivity contribution in [1.29, 1.82) is 0 Å². The van der Waals surface area contributed by atoms with Crippen LogP contribution in [0.3, 0.4) is 0 Å². The van der Waals surface area contributed by atoms with E-state index in [4.69, 9.17) is 0 Å². The fourth-order valence-corrected chi connectivity index (χ4v) is 3.31. The van der Waals surface area contributed by atoms with Crippen molar-refractivity contribution in [2.45, 2.75) is 13.5 Å². The number of nitrogens with one attached hydrogen (secondary N) is 1. The smallest absolute Gasteiger partial charge is 0.147 e. The van der Waals surface area contributed by atoms with Gasteiger partial charge in [-0.1, -0.05) is 0 Å². The first-order chi connectivity index (χ1) is 8.34. The number of anilines is 1. The molecule has 3 heterocycles. The van der Waals surface area contributed by atoms with Gasteiger partial charge in [0.05, 0.1) is 10.2 Å². The predicted molar refractivity (Wildman–Crippen MR) is 73.8 cm³/mol. The van der Waals surface area contributed by atoms with Crippen LogP contribution in [0.5, 0.6) is 0 Å². The van der Waals surface area contributed by atoms with E-state index < -0.39 is 0 Å². The van der Waals surface area contributed by atoms with Gasteiger partial charge in [-0.2, -0.15) is 11.3 Å². The van der Waals surface area contributed by atoms with E-state index in [0.29, 0.717) is 0 Å². The molecule has 17 heavy (non-hydrogen) atoms. The fourth-order valence-electron chi connectivity index (χ4n) is 1.67. The maximum absolute atomic E-state index is 4.31. The third-order valence-electron chi connectivity index (χ3n) is 2.57. The highest BCUT2D eigenvalue weighted by Gasteiger charge is 2.07. The molecule has 0 aromatic carbocycles. The minimum Gasteiger partial charge on any atom is -0.365 e. The Hall–Kier alpha value is -1.46. The Morgan fingerprint density at radius 3 is 3.06 bits per heavy atom. The number of aromatic nitrogens is 2. The highest BCUT2D eigenvalue weighted by atomic mass is 32.1. The number of rotatable bonds is 3. The summed E-state index contributed by atoms with van der Waals surface area (Å²) in [5.41, 5.74) is 3.55. The standard InChI is InChI=1S/C12H11N3S2/c1-8-5-17-11-10(8)14-7-15-12(11)13-4-9-2-3-16-6-9/h2-3,5-7H,4H2,1H3,(H,13,14,15). The Morgan fingerprint density at radius 1 is 1.29 bits per heavy atom. The lowest BCUT2D eigenvalue weighted by atomic mass is 10.3. The summed E-state index contributed by atoms with van der Waals surface area (Å²) in [5, 5.41) is 9.72. The average Bonchev–Trinajstić information content (AvgIpc) is 2.97. The third kappa shape index (κ3) is 2.03. The second-order valence-electron chi connectivity index (χ2n) is 3.80. The van der Waals surface area contributed by atoms with E-state index in [1.165, 1.54) is 11.1 Å².